The second-order valence-electron chi connectivity index (χ2n) is 9.52. The molecule has 2 aromatic heterocycles. The predicted molar refractivity (Wildman–Crippen MR) is 126 cm³/mol. The smallest absolute Gasteiger partial charge is 0.253 e. The van der Waals surface area contributed by atoms with Gasteiger partial charge in [0.1, 0.15) is 11.8 Å². The van der Waals surface area contributed by atoms with Gasteiger partial charge in [0.15, 0.2) is 5.82 Å². The number of H-pyrrole nitrogens is 1. The van der Waals surface area contributed by atoms with Crippen molar-refractivity contribution in [3.05, 3.63) is 81.4 Å². The number of nitrogens with one attached hydrogen (secondary N) is 1. The van der Waals surface area contributed by atoms with Crippen molar-refractivity contribution in [3.63, 3.8) is 0 Å². The fourth-order valence-corrected chi connectivity index (χ4v) is 4.61. The van der Waals surface area contributed by atoms with Gasteiger partial charge in [-0.3, -0.25) is 9.69 Å². The lowest BCUT2D eigenvalue weighted by molar-refractivity contribution is 0.185. The van der Waals surface area contributed by atoms with Crippen LogP contribution in [-0.2, 0) is 18.5 Å². The van der Waals surface area contributed by atoms with Gasteiger partial charge in [0, 0.05) is 24.7 Å². The zero-order valence-corrected chi connectivity index (χ0v) is 19.4. The molecule has 1 atom stereocenters. The van der Waals surface area contributed by atoms with Crippen molar-refractivity contribution in [2.45, 2.75) is 45.3 Å². The first-order valence-electron chi connectivity index (χ1n) is 11.2. The summed E-state index contributed by atoms with van der Waals surface area (Å²) in [4.78, 5) is 18.8. The fourth-order valence-electron chi connectivity index (χ4n) is 4.61. The topological polar surface area (TPSA) is 88.9 Å². The molecule has 0 bridgehead atoms. The van der Waals surface area contributed by atoms with E-state index in [9.17, 15) is 4.79 Å². The Bertz CT molecular complexity index is 1370. The van der Waals surface area contributed by atoms with Gasteiger partial charge < -0.3 is 9.72 Å². The molecule has 1 N–H and O–H groups in total. The van der Waals surface area contributed by atoms with E-state index in [4.69, 9.17) is 4.74 Å². The normalized spacial score (nSPS) is 15.4. The molecule has 8 heteroatoms. The van der Waals surface area contributed by atoms with Crippen molar-refractivity contribution in [1.29, 1.82) is 0 Å². The Morgan fingerprint density at radius 2 is 1.88 bits per heavy atom. The van der Waals surface area contributed by atoms with Crippen molar-refractivity contribution in [2.75, 3.05) is 13.7 Å². The maximum Gasteiger partial charge on any atom is 0.253 e. The summed E-state index contributed by atoms with van der Waals surface area (Å²) in [5, 5.41) is 13.6. The van der Waals surface area contributed by atoms with Crippen LogP contribution in [0.1, 0.15) is 49.3 Å². The average molecular weight is 445 g/mol. The summed E-state index contributed by atoms with van der Waals surface area (Å²) < 4.78 is 7.15. The van der Waals surface area contributed by atoms with E-state index in [2.05, 4.69) is 70.4 Å². The molecule has 1 aliphatic heterocycles. The summed E-state index contributed by atoms with van der Waals surface area (Å²) in [6, 6.07) is 15.7. The molecule has 0 saturated heterocycles. The van der Waals surface area contributed by atoms with Crippen LogP contribution < -0.4 is 10.3 Å². The summed E-state index contributed by atoms with van der Waals surface area (Å²) in [5.41, 5.74) is 3.51. The van der Waals surface area contributed by atoms with Gasteiger partial charge in [-0.15, -0.1) is 5.10 Å². The van der Waals surface area contributed by atoms with Gasteiger partial charge in [0.2, 0.25) is 0 Å². The van der Waals surface area contributed by atoms with Gasteiger partial charge in [-0.05, 0) is 72.3 Å². The molecule has 5 rings (SSSR count). The molecule has 0 radical (unpaired) electrons. The summed E-state index contributed by atoms with van der Waals surface area (Å²) in [6.07, 6.45) is 0.909. The molecule has 0 aliphatic carbocycles. The SMILES string of the molecule is COc1ccc2cc([C@@H](c3nnnn3C(C)(C)C)N3CCc4ccccc4C3)c(=O)[nH]c2c1. The van der Waals surface area contributed by atoms with Gasteiger partial charge in [-0.1, -0.05) is 24.3 Å². The van der Waals surface area contributed by atoms with Gasteiger partial charge in [0.05, 0.1) is 18.2 Å². The molecule has 0 saturated carbocycles. The van der Waals surface area contributed by atoms with Gasteiger partial charge >= 0.3 is 0 Å². The highest BCUT2D eigenvalue weighted by atomic mass is 16.5. The number of fused-ring (bicyclic) bond motifs is 2. The molecule has 33 heavy (non-hydrogen) atoms. The highest BCUT2D eigenvalue weighted by molar-refractivity contribution is 5.80. The largest absolute Gasteiger partial charge is 0.497 e. The monoisotopic (exact) mass is 444 g/mol. The first-order chi connectivity index (χ1) is 15.8. The van der Waals surface area contributed by atoms with Crippen LogP contribution in [0.25, 0.3) is 10.9 Å². The van der Waals surface area contributed by atoms with Crippen LogP contribution in [0.2, 0.25) is 0 Å². The number of hydrogen-bond donors (Lipinski definition) is 1. The number of methoxy groups -OCH3 is 1. The standard InChI is InChI=1S/C25H28N6O2/c1-25(2,3)31-23(27-28-29-31)22(30-12-11-16-7-5-6-8-18(16)15-30)20-13-17-9-10-19(33-4)14-21(17)26-24(20)32/h5-10,13-14,22H,11-12,15H2,1-4H3,(H,26,32)/t22-/m0/s1. The molecule has 170 valence electrons. The van der Waals surface area contributed by atoms with Crippen LogP contribution in [0.5, 0.6) is 5.75 Å². The molecule has 2 aromatic carbocycles. The minimum atomic E-state index is -0.386. The second kappa shape index (κ2) is 8.12. The molecule has 0 spiro atoms. The molecule has 4 aromatic rings. The number of tetrazole rings is 1. The number of pyridine rings is 1. The quantitative estimate of drug-likeness (QED) is 0.519. The van der Waals surface area contributed by atoms with E-state index in [0.717, 1.165) is 30.4 Å². The number of hydrogen-bond acceptors (Lipinski definition) is 6. The first-order valence-corrected chi connectivity index (χ1v) is 11.2. The third kappa shape index (κ3) is 3.91. The molecule has 0 fully saturated rings. The Labute approximate surface area is 192 Å². The molecule has 3 heterocycles. The van der Waals surface area contributed by atoms with E-state index >= 15 is 0 Å². The van der Waals surface area contributed by atoms with Crippen LogP contribution in [0.15, 0.2) is 53.3 Å². The molecule has 8 nitrogen and oxygen atoms in total. The van der Waals surface area contributed by atoms with Gasteiger partial charge in [-0.2, -0.15) is 0 Å². The number of rotatable bonds is 4. The third-order valence-corrected chi connectivity index (χ3v) is 6.28. The summed E-state index contributed by atoms with van der Waals surface area (Å²) >= 11 is 0. The number of ether oxygens (including phenoxy) is 1. The molecule has 0 unspecified atom stereocenters. The Balaban J connectivity index is 1.68. The van der Waals surface area contributed by atoms with Gasteiger partial charge in [0.25, 0.3) is 5.56 Å². The van der Waals surface area contributed by atoms with E-state index in [1.807, 2.05) is 28.9 Å². The molecular weight excluding hydrogens is 416 g/mol. The fraction of sp³-hybridized carbons (Fsp3) is 0.360. The van der Waals surface area contributed by atoms with E-state index < -0.39 is 0 Å². The van der Waals surface area contributed by atoms with Crippen molar-refractivity contribution in [2.24, 2.45) is 0 Å². The highest BCUT2D eigenvalue weighted by Crippen LogP contribution is 2.33. The minimum absolute atomic E-state index is 0.150. The van der Waals surface area contributed by atoms with Crippen molar-refractivity contribution in [1.82, 2.24) is 30.1 Å². The summed E-state index contributed by atoms with van der Waals surface area (Å²) in [6.45, 7) is 7.71. The number of benzene rings is 2. The Morgan fingerprint density at radius 3 is 2.64 bits per heavy atom. The Morgan fingerprint density at radius 1 is 1.09 bits per heavy atom. The van der Waals surface area contributed by atoms with Crippen LogP contribution in [0.4, 0.5) is 0 Å². The lowest BCUT2D eigenvalue weighted by atomic mass is 9.95. The lowest BCUT2D eigenvalue weighted by Gasteiger charge is -2.36. The van der Waals surface area contributed by atoms with E-state index in [-0.39, 0.29) is 17.1 Å². The van der Waals surface area contributed by atoms with Crippen LogP contribution in [0.3, 0.4) is 0 Å². The molecular formula is C25H28N6O2. The Hall–Kier alpha value is -3.52. The van der Waals surface area contributed by atoms with E-state index in [1.165, 1.54) is 11.1 Å². The number of nitrogens with zero attached hydrogens (tertiary/aromatic N) is 5. The van der Waals surface area contributed by atoms with Crippen LogP contribution in [0, 0.1) is 0 Å². The van der Waals surface area contributed by atoms with Gasteiger partial charge in [-0.25, -0.2) is 4.68 Å². The van der Waals surface area contributed by atoms with Crippen LogP contribution >= 0.6 is 0 Å². The van der Waals surface area contributed by atoms with Crippen LogP contribution in [-0.4, -0.2) is 43.7 Å². The highest BCUT2D eigenvalue weighted by Gasteiger charge is 2.34. The average Bonchev–Trinajstić information content (AvgIpc) is 3.29. The Kier molecular flexibility index (Phi) is 5.25. The van der Waals surface area contributed by atoms with Crippen molar-refractivity contribution in [3.8, 4) is 5.75 Å². The van der Waals surface area contributed by atoms with E-state index in [1.54, 1.807) is 7.11 Å². The van der Waals surface area contributed by atoms with Crippen molar-refractivity contribution < 1.29 is 4.74 Å². The second-order valence-corrected chi connectivity index (χ2v) is 9.52. The minimum Gasteiger partial charge on any atom is -0.497 e. The van der Waals surface area contributed by atoms with E-state index in [0.29, 0.717) is 17.1 Å². The number of aromatic nitrogens is 5. The zero-order valence-electron chi connectivity index (χ0n) is 19.4. The van der Waals surface area contributed by atoms with Crippen molar-refractivity contribution >= 4 is 10.9 Å². The maximum atomic E-state index is 13.4. The zero-order chi connectivity index (χ0) is 23.2. The predicted octanol–water partition coefficient (Wildman–Crippen LogP) is 3.43. The maximum absolute atomic E-state index is 13.4. The first kappa shape index (κ1) is 21.3. The summed E-state index contributed by atoms with van der Waals surface area (Å²) in [5.74, 6) is 1.37. The summed E-state index contributed by atoms with van der Waals surface area (Å²) in [7, 11) is 1.62. The third-order valence-electron chi connectivity index (χ3n) is 6.28. The number of aromatic amines is 1. The molecule has 0 amide bonds. The molecule has 1 aliphatic rings. The lowest BCUT2D eigenvalue weighted by Crippen LogP contribution is -2.40.